The lowest BCUT2D eigenvalue weighted by Gasteiger charge is -2.17. The van der Waals surface area contributed by atoms with Gasteiger partial charge in [-0.15, -0.1) is 0 Å². The molecule has 5 heteroatoms. The molecule has 0 aromatic carbocycles. The van der Waals surface area contributed by atoms with Gasteiger partial charge in [0.25, 0.3) is 0 Å². The zero-order valence-corrected chi connectivity index (χ0v) is 12.1. The van der Waals surface area contributed by atoms with E-state index in [1.165, 1.54) is 6.20 Å². The van der Waals surface area contributed by atoms with E-state index in [0.717, 1.165) is 4.57 Å². The summed E-state index contributed by atoms with van der Waals surface area (Å²) in [6, 6.07) is 1.57. The van der Waals surface area contributed by atoms with E-state index in [0.29, 0.717) is 12.3 Å². The van der Waals surface area contributed by atoms with Crippen molar-refractivity contribution in [2.24, 2.45) is 5.41 Å². The Balaban J connectivity index is 2.93. The maximum atomic E-state index is 11.9. The largest absolute Gasteiger partial charge is 0.464 e. The Morgan fingerprint density at radius 3 is 2.32 bits per heavy atom. The summed E-state index contributed by atoms with van der Waals surface area (Å²) in [5.41, 5.74) is 0.733. The van der Waals surface area contributed by atoms with Crippen LogP contribution in [0, 0.1) is 5.41 Å². The van der Waals surface area contributed by atoms with E-state index in [4.69, 9.17) is 9.84 Å². The molecular weight excluding hydrogens is 246 g/mol. The number of nitrogens with zero attached hydrogens (tertiary/aromatic N) is 1. The van der Waals surface area contributed by atoms with Gasteiger partial charge in [-0.25, -0.2) is 9.59 Å². The number of carbonyl (C=O) groups is 2. The minimum absolute atomic E-state index is 0.0141. The molecule has 1 N–H and O–H groups in total. The Labute approximate surface area is 113 Å². The second kappa shape index (κ2) is 5.47. The lowest BCUT2D eigenvalue weighted by atomic mass is 9.99. The van der Waals surface area contributed by atoms with E-state index in [1.807, 2.05) is 34.6 Å². The number of esters is 1. The molecule has 0 bridgehead atoms. The summed E-state index contributed by atoms with van der Waals surface area (Å²) in [6.07, 6.45) is 0.210. The summed E-state index contributed by atoms with van der Waals surface area (Å²) in [7, 11) is 0. The molecule has 0 radical (unpaired) electrons. The molecule has 0 aliphatic carbocycles. The van der Waals surface area contributed by atoms with Gasteiger partial charge in [0.05, 0.1) is 12.2 Å². The standard InChI is InChI=1S/C14H21NO4/c1-9(2)11-6-10(7-15(11)13(17)18)12(16)19-8-14(3,4)5/h6-7,9H,8H2,1-5H3,(H,17,18). The van der Waals surface area contributed by atoms with Crippen molar-refractivity contribution in [3.05, 3.63) is 23.5 Å². The molecule has 1 heterocycles. The lowest BCUT2D eigenvalue weighted by molar-refractivity contribution is 0.0367. The predicted molar refractivity (Wildman–Crippen MR) is 71.7 cm³/mol. The van der Waals surface area contributed by atoms with Crippen LogP contribution in [0.15, 0.2) is 12.3 Å². The molecule has 0 atom stereocenters. The van der Waals surface area contributed by atoms with Crippen LogP contribution in [0.2, 0.25) is 0 Å². The van der Waals surface area contributed by atoms with Crippen LogP contribution in [0.3, 0.4) is 0 Å². The van der Waals surface area contributed by atoms with Crippen molar-refractivity contribution in [2.75, 3.05) is 6.61 Å². The van der Waals surface area contributed by atoms with Crippen LogP contribution >= 0.6 is 0 Å². The Bertz CT molecular complexity index is 480. The van der Waals surface area contributed by atoms with E-state index < -0.39 is 12.1 Å². The summed E-state index contributed by atoms with van der Waals surface area (Å²) < 4.78 is 6.24. The molecule has 0 spiro atoms. The highest BCUT2D eigenvalue weighted by Crippen LogP contribution is 2.20. The highest BCUT2D eigenvalue weighted by molar-refractivity contribution is 5.90. The fourth-order valence-electron chi connectivity index (χ4n) is 1.57. The first-order valence-corrected chi connectivity index (χ1v) is 6.24. The van der Waals surface area contributed by atoms with Crippen molar-refractivity contribution >= 4 is 12.1 Å². The first-order valence-electron chi connectivity index (χ1n) is 6.24. The van der Waals surface area contributed by atoms with E-state index >= 15 is 0 Å². The molecule has 0 saturated heterocycles. The Kier molecular flexibility index (Phi) is 4.39. The number of carboxylic acid groups (broad SMARTS) is 1. The topological polar surface area (TPSA) is 68.5 Å². The number of hydrogen-bond donors (Lipinski definition) is 1. The molecule has 0 saturated carbocycles. The quantitative estimate of drug-likeness (QED) is 0.853. The van der Waals surface area contributed by atoms with Crippen LogP contribution in [0.5, 0.6) is 0 Å². The zero-order chi connectivity index (χ0) is 14.8. The van der Waals surface area contributed by atoms with E-state index in [2.05, 4.69) is 0 Å². The molecule has 0 aliphatic heterocycles. The van der Waals surface area contributed by atoms with E-state index in [9.17, 15) is 9.59 Å². The maximum absolute atomic E-state index is 11.9. The van der Waals surface area contributed by atoms with Gasteiger partial charge in [-0.3, -0.25) is 4.57 Å². The van der Waals surface area contributed by atoms with Crippen LogP contribution in [0.4, 0.5) is 4.79 Å². The van der Waals surface area contributed by atoms with Crippen molar-refractivity contribution in [1.82, 2.24) is 4.57 Å². The van der Waals surface area contributed by atoms with E-state index in [-0.39, 0.29) is 16.9 Å². The summed E-state index contributed by atoms with van der Waals surface area (Å²) in [4.78, 5) is 23.0. The molecule has 19 heavy (non-hydrogen) atoms. The van der Waals surface area contributed by atoms with Crippen LogP contribution in [0.25, 0.3) is 0 Å². The first kappa shape index (κ1) is 15.3. The van der Waals surface area contributed by atoms with Gasteiger partial charge in [0.2, 0.25) is 0 Å². The van der Waals surface area contributed by atoms with Gasteiger partial charge in [-0.1, -0.05) is 34.6 Å². The SMILES string of the molecule is CC(C)c1cc(C(=O)OCC(C)(C)C)cn1C(=O)O. The second-order valence-electron chi connectivity index (χ2n) is 6.10. The number of hydrogen-bond acceptors (Lipinski definition) is 3. The van der Waals surface area contributed by atoms with Gasteiger partial charge in [0, 0.05) is 11.9 Å². The number of aromatic nitrogens is 1. The van der Waals surface area contributed by atoms with Gasteiger partial charge < -0.3 is 9.84 Å². The minimum atomic E-state index is -1.10. The van der Waals surface area contributed by atoms with Gasteiger partial charge in [0.15, 0.2) is 0 Å². The van der Waals surface area contributed by atoms with Crippen molar-refractivity contribution in [2.45, 2.75) is 40.5 Å². The van der Waals surface area contributed by atoms with Crippen molar-refractivity contribution in [3.8, 4) is 0 Å². The molecule has 0 fully saturated rings. The third kappa shape index (κ3) is 4.12. The average Bonchev–Trinajstić information content (AvgIpc) is 2.69. The zero-order valence-electron chi connectivity index (χ0n) is 12.1. The molecule has 0 amide bonds. The fraction of sp³-hybridized carbons (Fsp3) is 0.571. The Morgan fingerprint density at radius 1 is 1.37 bits per heavy atom. The van der Waals surface area contributed by atoms with Crippen LogP contribution in [-0.4, -0.2) is 28.3 Å². The van der Waals surface area contributed by atoms with Crippen molar-refractivity contribution in [1.29, 1.82) is 0 Å². The molecule has 0 aliphatic rings. The number of ether oxygens (including phenoxy) is 1. The molecule has 1 rings (SSSR count). The normalized spacial score (nSPS) is 11.7. The average molecular weight is 267 g/mol. The van der Waals surface area contributed by atoms with Crippen LogP contribution in [-0.2, 0) is 4.74 Å². The summed E-state index contributed by atoms with van der Waals surface area (Å²) in [6.45, 7) is 9.92. The lowest BCUT2D eigenvalue weighted by Crippen LogP contribution is -2.18. The second-order valence-corrected chi connectivity index (χ2v) is 6.10. The molecule has 0 unspecified atom stereocenters. The van der Waals surface area contributed by atoms with Crippen LogP contribution in [0.1, 0.15) is 56.6 Å². The summed E-state index contributed by atoms with van der Waals surface area (Å²) in [5, 5.41) is 9.08. The monoisotopic (exact) mass is 267 g/mol. The fourth-order valence-corrected chi connectivity index (χ4v) is 1.57. The third-order valence-electron chi connectivity index (χ3n) is 2.52. The molecule has 106 valence electrons. The van der Waals surface area contributed by atoms with Gasteiger partial charge in [-0.2, -0.15) is 0 Å². The van der Waals surface area contributed by atoms with Crippen molar-refractivity contribution < 1.29 is 19.4 Å². The minimum Gasteiger partial charge on any atom is -0.464 e. The predicted octanol–water partition coefficient (Wildman–Crippen LogP) is 3.34. The summed E-state index contributed by atoms with van der Waals surface area (Å²) in [5.74, 6) is -0.475. The first-order chi connectivity index (χ1) is 8.61. The summed E-state index contributed by atoms with van der Waals surface area (Å²) >= 11 is 0. The van der Waals surface area contributed by atoms with Crippen molar-refractivity contribution in [3.63, 3.8) is 0 Å². The maximum Gasteiger partial charge on any atom is 0.415 e. The van der Waals surface area contributed by atoms with Gasteiger partial charge in [-0.05, 0) is 17.4 Å². The number of rotatable bonds is 3. The smallest absolute Gasteiger partial charge is 0.415 e. The Morgan fingerprint density at radius 2 is 1.95 bits per heavy atom. The Hall–Kier alpha value is -1.78. The van der Waals surface area contributed by atoms with Gasteiger partial charge in [0.1, 0.15) is 0 Å². The van der Waals surface area contributed by atoms with Crippen LogP contribution < -0.4 is 0 Å². The third-order valence-corrected chi connectivity index (χ3v) is 2.52. The molecule has 1 aromatic heterocycles. The highest BCUT2D eigenvalue weighted by Gasteiger charge is 2.20. The highest BCUT2D eigenvalue weighted by atomic mass is 16.5. The molecule has 5 nitrogen and oxygen atoms in total. The molecular formula is C14H21NO4. The molecule has 1 aromatic rings. The van der Waals surface area contributed by atoms with Gasteiger partial charge >= 0.3 is 12.1 Å². The van der Waals surface area contributed by atoms with E-state index in [1.54, 1.807) is 6.07 Å². The number of carbonyl (C=O) groups excluding carboxylic acids is 1.